The van der Waals surface area contributed by atoms with Crippen molar-refractivity contribution >= 4 is 0 Å². The van der Waals surface area contributed by atoms with Gasteiger partial charge in [0.1, 0.15) is 18.2 Å². The van der Waals surface area contributed by atoms with Crippen molar-refractivity contribution in [3.05, 3.63) is 100 Å². The van der Waals surface area contributed by atoms with Crippen molar-refractivity contribution in [1.82, 2.24) is 24.5 Å². The van der Waals surface area contributed by atoms with E-state index in [2.05, 4.69) is 19.9 Å². The Labute approximate surface area is 190 Å². The molecule has 0 saturated heterocycles. The van der Waals surface area contributed by atoms with Crippen LogP contribution in [0.3, 0.4) is 0 Å². The lowest BCUT2D eigenvalue weighted by Crippen LogP contribution is -2.22. The Morgan fingerprint density at radius 2 is 1.88 bits per heavy atom. The molecule has 1 fully saturated rings. The number of aryl methyl sites for hydroxylation is 1. The van der Waals surface area contributed by atoms with Crippen LogP contribution in [-0.4, -0.2) is 24.5 Å². The summed E-state index contributed by atoms with van der Waals surface area (Å²) in [5.41, 5.74) is 3.01. The van der Waals surface area contributed by atoms with Crippen LogP contribution in [0.25, 0.3) is 11.3 Å². The lowest BCUT2D eigenvalue weighted by atomic mass is 10.1. The number of hydrogen-bond donors (Lipinski definition) is 0. The Balaban J connectivity index is 1.31. The van der Waals surface area contributed by atoms with Crippen LogP contribution in [0.15, 0.2) is 66.0 Å². The fourth-order valence-electron chi connectivity index (χ4n) is 3.65. The lowest BCUT2D eigenvalue weighted by molar-refractivity contribution is 0.294. The summed E-state index contributed by atoms with van der Waals surface area (Å²) in [5.74, 6) is 1.08. The van der Waals surface area contributed by atoms with Crippen LogP contribution in [0, 0.1) is 12.7 Å². The molecule has 0 spiro atoms. The number of nitrogens with zero attached hydrogens (tertiary/aromatic N) is 5. The fourth-order valence-corrected chi connectivity index (χ4v) is 3.65. The molecule has 0 amide bonds. The molecule has 0 N–H and O–H groups in total. The predicted molar refractivity (Wildman–Crippen MR) is 120 cm³/mol. The summed E-state index contributed by atoms with van der Waals surface area (Å²) in [5, 5.41) is 0. The summed E-state index contributed by atoms with van der Waals surface area (Å²) in [6, 6.07) is 9.84. The van der Waals surface area contributed by atoms with Crippen LogP contribution in [0.4, 0.5) is 4.39 Å². The van der Waals surface area contributed by atoms with Crippen LogP contribution in [0.2, 0.25) is 0 Å². The maximum atomic E-state index is 14.8. The normalized spacial score (nSPS) is 13.2. The van der Waals surface area contributed by atoms with Gasteiger partial charge < -0.3 is 9.30 Å². The number of benzene rings is 1. The van der Waals surface area contributed by atoms with E-state index in [0.29, 0.717) is 40.0 Å². The Kier molecular flexibility index (Phi) is 5.64. The van der Waals surface area contributed by atoms with Crippen LogP contribution in [0.5, 0.6) is 5.75 Å². The van der Waals surface area contributed by atoms with Gasteiger partial charge in [0.15, 0.2) is 5.82 Å². The maximum Gasteiger partial charge on any atom is 0.254 e. The fraction of sp³-hybridized carbons (Fsp3) is 0.240. The highest BCUT2D eigenvalue weighted by molar-refractivity contribution is 5.59. The number of hydrogen-bond acceptors (Lipinski definition) is 6. The molecular weight excluding hydrogens is 421 g/mol. The molecule has 5 rings (SSSR count). The van der Waals surface area contributed by atoms with Crippen LogP contribution >= 0.6 is 0 Å². The van der Waals surface area contributed by atoms with Crippen molar-refractivity contribution in [3.8, 4) is 17.0 Å². The SMILES string of the molecule is Cc1cc(OCc2ncccn2)cc(=O)n1Cc1ccc(-c2cnc(C3CC3)cn2)c(F)c1. The number of rotatable bonds is 7. The molecule has 1 aromatic carbocycles. The first-order valence-corrected chi connectivity index (χ1v) is 10.8. The zero-order chi connectivity index (χ0) is 22.8. The Morgan fingerprint density at radius 3 is 2.55 bits per heavy atom. The molecule has 0 bridgehead atoms. The number of aromatic nitrogens is 5. The first-order chi connectivity index (χ1) is 16.1. The first kappa shape index (κ1) is 20.9. The van der Waals surface area contributed by atoms with E-state index < -0.39 is 5.82 Å². The zero-order valence-corrected chi connectivity index (χ0v) is 18.1. The molecular formula is C25H22FN5O2. The minimum absolute atomic E-state index is 0.168. The van der Waals surface area contributed by atoms with Crippen molar-refractivity contribution < 1.29 is 9.13 Å². The molecule has 166 valence electrons. The number of pyridine rings is 1. The van der Waals surface area contributed by atoms with Gasteiger partial charge >= 0.3 is 0 Å². The van der Waals surface area contributed by atoms with Gasteiger partial charge in [-0.25, -0.2) is 14.4 Å². The summed E-state index contributed by atoms with van der Waals surface area (Å²) in [6.45, 7) is 2.23. The van der Waals surface area contributed by atoms with E-state index in [1.807, 2.05) is 6.92 Å². The molecule has 0 atom stereocenters. The second-order valence-electron chi connectivity index (χ2n) is 8.13. The topological polar surface area (TPSA) is 82.8 Å². The highest BCUT2D eigenvalue weighted by atomic mass is 19.1. The van der Waals surface area contributed by atoms with E-state index in [1.165, 1.54) is 12.1 Å². The predicted octanol–water partition coefficient (Wildman–Crippen LogP) is 4.05. The highest BCUT2D eigenvalue weighted by Crippen LogP contribution is 2.38. The van der Waals surface area contributed by atoms with Gasteiger partial charge in [-0.2, -0.15) is 0 Å². The quantitative estimate of drug-likeness (QED) is 0.429. The van der Waals surface area contributed by atoms with Crippen molar-refractivity contribution in [2.24, 2.45) is 0 Å². The average Bonchev–Trinajstić information content (AvgIpc) is 3.67. The molecule has 7 nitrogen and oxygen atoms in total. The molecule has 1 aliphatic rings. The van der Waals surface area contributed by atoms with Crippen LogP contribution in [-0.2, 0) is 13.2 Å². The third kappa shape index (κ3) is 4.79. The van der Waals surface area contributed by atoms with E-state index in [4.69, 9.17) is 4.74 Å². The van der Waals surface area contributed by atoms with Crippen molar-refractivity contribution in [2.75, 3.05) is 0 Å². The molecule has 3 heterocycles. The van der Waals surface area contributed by atoms with Crippen LogP contribution < -0.4 is 10.3 Å². The van der Waals surface area contributed by atoms with Gasteiger partial charge in [-0.05, 0) is 49.6 Å². The third-order valence-electron chi connectivity index (χ3n) is 5.61. The smallest absolute Gasteiger partial charge is 0.254 e. The summed E-state index contributed by atoms with van der Waals surface area (Å²) in [4.78, 5) is 29.7. The maximum absolute atomic E-state index is 14.8. The van der Waals surface area contributed by atoms with E-state index in [1.54, 1.807) is 53.6 Å². The van der Waals surface area contributed by atoms with Crippen LogP contribution in [0.1, 0.15) is 41.5 Å². The standard InChI is InChI=1S/C25H22FN5O2/c1-16-9-19(33-15-24-27-7-2-8-28-24)11-25(32)31(16)14-17-3-6-20(21(26)10-17)23-13-29-22(12-30-23)18-4-5-18/h2-3,6-13,18H,4-5,14-15H2,1H3. The molecule has 33 heavy (non-hydrogen) atoms. The first-order valence-electron chi connectivity index (χ1n) is 10.8. The zero-order valence-electron chi connectivity index (χ0n) is 18.1. The van der Waals surface area contributed by atoms with E-state index in [-0.39, 0.29) is 18.7 Å². The molecule has 3 aromatic heterocycles. The second-order valence-corrected chi connectivity index (χ2v) is 8.13. The summed E-state index contributed by atoms with van der Waals surface area (Å²) < 4.78 is 22.1. The number of halogens is 1. The van der Waals surface area contributed by atoms with E-state index in [9.17, 15) is 9.18 Å². The van der Waals surface area contributed by atoms with Gasteiger partial charge in [-0.1, -0.05) is 6.07 Å². The van der Waals surface area contributed by atoms with Gasteiger partial charge in [0.05, 0.1) is 24.1 Å². The largest absolute Gasteiger partial charge is 0.485 e. The van der Waals surface area contributed by atoms with Crippen molar-refractivity contribution in [2.45, 2.75) is 38.8 Å². The third-order valence-corrected chi connectivity index (χ3v) is 5.61. The molecule has 4 aromatic rings. The summed E-state index contributed by atoms with van der Waals surface area (Å²) in [6.07, 6.45) is 8.91. The Morgan fingerprint density at radius 1 is 1.06 bits per heavy atom. The molecule has 8 heteroatoms. The van der Waals surface area contributed by atoms with E-state index in [0.717, 1.165) is 18.5 Å². The second kappa shape index (κ2) is 8.90. The number of ether oxygens (including phenoxy) is 1. The van der Waals surface area contributed by atoms with Crippen molar-refractivity contribution in [1.29, 1.82) is 0 Å². The van der Waals surface area contributed by atoms with Gasteiger partial charge in [0.25, 0.3) is 5.56 Å². The van der Waals surface area contributed by atoms with Gasteiger partial charge in [0, 0.05) is 41.8 Å². The van der Waals surface area contributed by atoms with E-state index >= 15 is 0 Å². The highest BCUT2D eigenvalue weighted by Gasteiger charge is 2.25. The molecule has 1 saturated carbocycles. The summed E-state index contributed by atoms with van der Waals surface area (Å²) in [7, 11) is 0. The molecule has 1 aliphatic carbocycles. The lowest BCUT2D eigenvalue weighted by Gasteiger charge is -2.13. The summed E-state index contributed by atoms with van der Waals surface area (Å²) >= 11 is 0. The van der Waals surface area contributed by atoms with Crippen molar-refractivity contribution in [3.63, 3.8) is 0 Å². The molecule has 0 unspecified atom stereocenters. The molecule has 0 radical (unpaired) electrons. The minimum Gasteiger partial charge on any atom is -0.485 e. The molecule has 0 aliphatic heterocycles. The Bertz CT molecular complexity index is 1340. The average molecular weight is 443 g/mol. The Hall–Kier alpha value is -3.94. The van der Waals surface area contributed by atoms with Gasteiger partial charge in [0.2, 0.25) is 0 Å². The van der Waals surface area contributed by atoms with Gasteiger partial charge in [-0.3, -0.25) is 14.8 Å². The van der Waals surface area contributed by atoms with Gasteiger partial charge in [-0.15, -0.1) is 0 Å². The monoisotopic (exact) mass is 443 g/mol. The minimum atomic E-state index is -0.394.